The lowest BCUT2D eigenvalue weighted by Crippen LogP contribution is -2.14. The number of methoxy groups -OCH3 is 1. The van der Waals surface area contributed by atoms with Gasteiger partial charge in [-0.1, -0.05) is 48.5 Å². The molecule has 1 N–H and O–H groups in total. The predicted molar refractivity (Wildman–Crippen MR) is 116 cm³/mol. The number of nitrogens with zero attached hydrogens (tertiary/aromatic N) is 1. The van der Waals surface area contributed by atoms with E-state index >= 15 is 0 Å². The minimum Gasteiger partial charge on any atom is -0.497 e. The maximum absolute atomic E-state index is 12.7. The Morgan fingerprint density at radius 3 is 2.33 bits per heavy atom. The zero-order valence-corrected chi connectivity index (χ0v) is 17.1. The summed E-state index contributed by atoms with van der Waals surface area (Å²) in [5.74, 6) is 1.08. The summed E-state index contributed by atoms with van der Waals surface area (Å²) < 4.78 is 38.7. The number of benzene rings is 3. The standard InChI is InChI=1S/C23H20N2O4S/c1-28-21-13-11-20(12-14-21)25-30(26,27)22(16-24)15-19-9-5-6-10-23(19)29-17-18-7-3-2-4-8-18/h2-15,25H,17H2,1H3/b22-15-. The molecule has 0 heterocycles. The average Bonchev–Trinajstić information content (AvgIpc) is 2.77. The third-order valence-corrected chi connectivity index (χ3v) is 5.48. The van der Waals surface area contributed by atoms with Crippen molar-refractivity contribution in [1.29, 1.82) is 5.26 Å². The van der Waals surface area contributed by atoms with E-state index < -0.39 is 14.9 Å². The molecule has 0 amide bonds. The summed E-state index contributed by atoms with van der Waals surface area (Å²) in [4.78, 5) is -0.422. The second kappa shape index (κ2) is 9.63. The Labute approximate surface area is 176 Å². The maximum atomic E-state index is 12.7. The molecular weight excluding hydrogens is 400 g/mol. The first-order chi connectivity index (χ1) is 14.5. The number of nitrogens with one attached hydrogen (secondary N) is 1. The Balaban J connectivity index is 1.83. The highest BCUT2D eigenvalue weighted by molar-refractivity contribution is 7.96. The number of rotatable bonds is 8. The van der Waals surface area contributed by atoms with Crippen LogP contribution in [0.3, 0.4) is 0 Å². The molecule has 0 radical (unpaired) electrons. The predicted octanol–water partition coefficient (Wildman–Crippen LogP) is 4.58. The summed E-state index contributed by atoms with van der Waals surface area (Å²) in [6, 6.07) is 24.7. The van der Waals surface area contributed by atoms with E-state index in [1.807, 2.05) is 30.3 Å². The minimum atomic E-state index is -4.07. The molecule has 0 spiro atoms. The monoisotopic (exact) mass is 420 g/mol. The lowest BCUT2D eigenvalue weighted by Gasteiger charge is -2.11. The van der Waals surface area contributed by atoms with E-state index in [9.17, 15) is 13.7 Å². The fourth-order valence-corrected chi connectivity index (χ4v) is 3.61. The van der Waals surface area contributed by atoms with E-state index in [1.54, 1.807) is 54.6 Å². The molecule has 0 aromatic heterocycles. The van der Waals surface area contributed by atoms with Crippen molar-refractivity contribution in [2.75, 3.05) is 11.8 Å². The van der Waals surface area contributed by atoms with Crippen LogP contribution in [0.5, 0.6) is 11.5 Å². The van der Waals surface area contributed by atoms with Crippen molar-refractivity contribution in [2.45, 2.75) is 6.61 Å². The Morgan fingerprint density at radius 2 is 1.67 bits per heavy atom. The van der Waals surface area contributed by atoms with Gasteiger partial charge in [0.25, 0.3) is 10.0 Å². The third-order valence-electron chi connectivity index (χ3n) is 4.18. The van der Waals surface area contributed by atoms with Gasteiger partial charge in [0.2, 0.25) is 0 Å². The Bertz CT molecular complexity index is 1170. The Morgan fingerprint density at radius 1 is 1.00 bits per heavy atom. The zero-order valence-electron chi connectivity index (χ0n) is 16.3. The van der Waals surface area contributed by atoms with E-state index in [-0.39, 0.29) is 0 Å². The van der Waals surface area contributed by atoms with E-state index in [0.29, 0.717) is 29.4 Å². The number of para-hydroxylation sites is 1. The van der Waals surface area contributed by atoms with Gasteiger partial charge in [0, 0.05) is 11.3 Å². The topological polar surface area (TPSA) is 88.4 Å². The molecule has 6 nitrogen and oxygen atoms in total. The van der Waals surface area contributed by atoms with E-state index in [2.05, 4.69) is 4.72 Å². The van der Waals surface area contributed by atoms with Gasteiger partial charge in [0.1, 0.15) is 24.2 Å². The van der Waals surface area contributed by atoms with E-state index in [0.717, 1.165) is 5.56 Å². The van der Waals surface area contributed by atoms with Crippen molar-refractivity contribution in [2.24, 2.45) is 0 Å². The van der Waals surface area contributed by atoms with E-state index in [4.69, 9.17) is 9.47 Å². The second-order valence-electron chi connectivity index (χ2n) is 6.27. The molecule has 0 unspecified atom stereocenters. The van der Waals surface area contributed by atoms with Gasteiger partial charge >= 0.3 is 0 Å². The van der Waals surface area contributed by atoms with E-state index in [1.165, 1.54) is 13.2 Å². The molecule has 152 valence electrons. The molecule has 0 aliphatic carbocycles. The van der Waals surface area contributed by atoms with Crippen molar-refractivity contribution >= 4 is 21.8 Å². The summed E-state index contributed by atoms with van der Waals surface area (Å²) in [7, 11) is -2.55. The first-order valence-corrected chi connectivity index (χ1v) is 10.5. The molecule has 0 aliphatic heterocycles. The normalized spacial score (nSPS) is 11.4. The van der Waals surface area contributed by atoms with Crippen LogP contribution < -0.4 is 14.2 Å². The van der Waals surface area contributed by atoms with Gasteiger partial charge in [-0.05, 0) is 42.0 Å². The molecule has 0 aliphatic rings. The fraction of sp³-hybridized carbons (Fsp3) is 0.0870. The highest BCUT2D eigenvalue weighted by atomic mass is 32.2. The van der Waals surface area contributed by atoms with Gasteiger partial charge in [-0.25, -0.2) is 8.42 Å². The number of anilines is 1. The highest BCUT2D eigenvalue weighted by Crippen LogP contribution is 2.25. The van der Waals surface area contributed by atoms with Crippen LogP contribution >= 0.6 is 0 Å². The number of ether oxygens (including phenoxy) is 2. The molecule has 0 bridgehead atoms. The van der Waals surface area contributed by atoms with Crippen LogP contribution in [-0.2, 0) is 16.6 Å². The second-order valence-corrected chi connectivity index (χ2v) is 7.92. The molecule has 0 fully saturated rings. The van der Waals surface area contributed by atoms with Crippen molar-refractivity contribution in [3.05, 3.63) is 94.9 Å². The van der Waals surface area contributed by atoms with Gasteiger partial charge in [-0.2, -0.15) is 5.26 Å². The Kier molecular flexibility index (Phi) is 6.73. The minimum absolute atomic E-state index is 0.324. The van der Waals surface area contributed by atoms with Gasteiger partial charge in [-0.15, -0.1) is 0 Å². The number of hydrogen-bond acceptors (Lipinski definition) is 5. The number of hydrogen-bond donors (Lipinski definition) is 1. The smallest absolute Gasteiger partial charge is 0.272 e. The van der Waals surface area contributed by atoms with Gasteiger partial charge in [-0.3, -0.25) is 4.72 Å². The summed E-state index contributed by atoms with van der Waals surface area (Å²) in [6.45, 7) is 0.324. The van der Waals surface area contributed by atoms with Crippen molar-refractivity contribution in [1.82, 2.24) is 0 Å². The largest absolute Gasteiger partial charge is 0.497 e. The molecule has 30 heavy (non-hydrogen) atoms. The lowest BCUT2D eigenvalue weighted by molar-refractivity contribution is 0.305. The molecule has 0 saturated carbocycles. The van der Waals surface area contributed by atoms with Crippen LogP contribution in [0.2, 0.25) is 0 Å². The van der Waals surface area contributed by atoms with Crippen molar-refractivity contribution < 1.29 is 17.9 Å². The summed E-state index contributed by atoms with van der Waals surface area (Å²) in [5, 5.41) is 9.48. The molecule has 0 saturated heterocycles. The highest BCUT2D eigenvalue weighted by Gasteiger charge is 2.18. The first-order valence-electron chi connectivity index (χ1n) is 9.06. The molecule has 7 heteroatoms. The molecule has 3 aromatic rings. The third kappa shape index (κ3) is 5.40. The van der Waals surface area contributed by atoms with Crippen LogP contribution in [0.4, 0.5) is 5.69 Å². The van der Waals surface area contributed by atoms with Gasteiger partial charge in [0.05, 0.1) is 7.11 Å². The molecule has 3 rings (SSSR count). The number of sulfonamides is 1. The summed E-state index contributed by atoms with van der Waals surface area (Å²) >= 11 is 0. The zero-order chi connectivity index (χ0) is 21.4. The SMILES string of the molecule is COc1ccc(NS(=O)(=O)/C(C#N)=C\c2ccccc2OCc2ccccc2)cc1. The van der Waals surface area contributed by atoms with Gasteiger partial charge in [0.15, 0.2) is 4.91 Å². The number of allylic oxidation sites excluding steroid dienone is 1. The Hall–Kier alpha value is -3.76. The van der Waals surface area contributed by atoms with Crippen LogP contribution in [0, 0.1) is 11.3 Å². The summed E-state index contributed by atoms with van der Waals surface area (Å²) in [5.41, 5.74) is 1.79. The quantitative estimate of drug-likeness (QED) is 0.539. The van der Waals surface area contributed by atoms with Crippen LogP contribution in [0.15, 0.2) is 83.8 Å². The average molecular weight is 420 g/mol. The molecule has 3 aromatic carbocycles. The van der Waals surface area contributed by atoms with Crippen molar-refractivity contribution in [3.63, 3.8) is 0 Å². The lowest BCUT2D eigenvalue weighted by atomic mass is 10.2. The van der Waals surface area contributed by atoms with Crippen molar-refractivity contribution in [3.8, 4) is 17.6 Å². The summed E-state index contributed by atoms with van der Waals surface area (Å²) in [6.07, 6.45) is 1.30. The van der Waals surface area contributed by atoms with Gasteiger partial charge < -0.3 is 9.47 Å². The number of nitriles is 1. The maximum Gasteiger partial charge on any atom is 0.272 e. The molecular formula is C23H20N2O4S. The van der Waals surface area contributed by atoms with Crippen LogP contribution in [0.1, 0.15) is 11.1 Å². The van der Waals surface area contributed by atoms with Crippen LogP contribution in [0.25, 0.3) is 6.08 Å². The molecule has 0 atom stereocenters. The fourth-order valence-electron chi connectivity index (χ4n) is 2.65. The first kappa shape index (κ1) is 21.0. The van der Waals surface area contributed by atoms with Crippen LogP contribution in [-0.4, -0.2) is 15.5 Å².